The average molecular weight is 342 g/mol. The van der Waals surface area contributed by atoms with Crippen molar-refractivity contribution in [3.63, 3.8) is 0 Å². The molecule has 20 heavy (non-hydrogen) atoms. The van der Waals surface area contributed by atoms with E-state index in [1.165, 1.54) is 44.2 Å². The molecule has 3 nitrogen and oxygen atoms in total. The van der Waals surface area contributed by atoms with Gasteiger partial charge in [0.2, 0.25) is 0 Å². The van der Waals surface area contributed by atoms with Crippen LogP contribution in [0, 0.1) is 0 Å². The highest BCUT2D eigenvalue weighted by atomic mass is 79.9. The molecule has 1 aliphatic carbocycles. The Morgan fingerprint density at radius 3 is 2.65 bits per heavy atom. The zero-order valence-electron chi connectivity index (χ0n) is 12.9. The summed E-state index contributed by atoms with van der Waals surface area (Å²) < 4.78 is 2.21. The quantitative estimate of drug-likeness (QED) is 0.654. The van der Waals surface area contributed by atoms with Gasteiger partial charge in [-0.05, 0) is 31.7 Å². The summed E-state index contributed by atoms with van der Waals surface area (Å²) >= 11 is 3.58. The molecule has 0 saturated heterocycles. The van der Waals surface area contributed by atoms with Crippen LogP contribution in [0.3, 0.4) is 0 Å². The molecular weight excluding hydrogens is 314 g/mol. The van der Waals surface area contributed by atoms with Crippen LogP contribution in [-0.4, -0.2) is 32.6 Å². The third-order valence-corrected chi connectivity index (χ3v) is 4.91. The maximum absolute atomic E-state index is 4.82. The van der Waals surface area contributed by atoms with Crippen LogP contribution in [0.1, 0.15) is 64.1 Å². The van der Waals surface area contributed by atoms with E-state index in [9.17, 15) is 0 Å². The summed E-state index contributed by atoms with van der Waals surface area (Å²) in [4.78, 5) is 2.57. The summed E-state index contributed by atoms with van der Waals surface area (Å²) in [5.74, 6) is 0. The van der Waals surface area contributed by atoms with Crippen LogP contribution in [0.15, 0.2) is 12.3 Å². The lowest BCUT2D eigenvalue weighted by atomic mass is 10.1. The van der Waals surface area contributed by atoms with Crippen LogP contribution in [0.25, 0.3) is 0 Å². The third kappa shape index (κ3) is 4.08. The van der Waals surface area contributed by atoms with Gasteiger partial charge in [-0.25, -0.2) is 0 Å². The maximum atomic E-state index is 4.82. The molecule has 4 heteroatoms. The van der Waals surface area contributed by atoms with E-state index in [1.807, 2.05) is 0 Å². The molecule has 0 radical (unpaired) electrons. The number of aromatic nitrogens is 2. The molecule has 0 aromatic carbocycles. The lowest BCUT2D eigenvalue weighted by molar-refractivity contribution is 0.186. The van der Waals surface area contributed by atoms with Crippen molar-refractivity contribution in [2.75, 3.05) is 11.9 Å². The van der Waals surface area contributed by atoms with Crippen LogP contribution < -0.4 is 0 Å². The summed E-state index contributed by atoms with van der Waals surface area (Å²) in [5.41, 5.74) is 1.23. The first-order valence-electron chi connectivity index (χ1n) is 8.12. The van der Waals surface area contributed by atoms with Crippen molar-refractivity contribution in [2.24, 2.45) is 0 Å². The SMILES string of the molecule is CCC(CC)N(CCBr)Cc1ccn(C2CCCC2)n1. The molecule has 1 aromatic heterocycles. The lowest BCUT2D eigenvalue weighted by Crippen LogP contribution is -2.35. The lowest BCUT2D eigenvalue weighted by Gasteiger charge is -2.29. The van der Waals surface area contributed by atoms with Gasteiger partial charge in [-0.1, -0.05) is 42.6 Å². The minimum Gasteiger partial charge on any atom is -0.294 e. The smallest absolute Gasteiger partial charge is 0.0765 e. The predicted octanol–water partition coefficient (Wildman–Crippen LogP) is 4.38. The summed E-state index contributed by atoms with van der Waals surface area (Å²) in [7, 11) is 0. The fraction of sp³-hybridized carbons (Fsp3) is 0.812. The van der Waals surface area contributed by atoms with E-state index in [0.29, 0.717) is 12.1 Å². The molecular formula is C16H28BrN3. The molecule has 1 heterocycles. The van der Waals surface area contributed by atoms with Gasteiger partial charge in [0.1, 0.15) is 0 Å². The molecule has 1 aliphatic rings. The molecule has 0 spiro atoms. The van der Waals surface area contributed by atoms with Crippen molar-refractivity contribution in [1.82, 2.24) is 14.7 Å². The Morgan fingerprint density at radius 2 is 2.05 bits per heavy atom. The molecule has 1 fully saturated rings. The minimum atomic E-state index is 0.654. The Labute approximate surface area is 131 Å². The van der Waals surface area contributed by atoms with Gasteiger partial charge in [-0.3, -0.25) is 9.58 Å². The first kappa shape index (κ1) is 16.0. The van der Waals surface area contributed by atoms with Gasteiger partial charge in [0.05, 0.1) is 11.7 Å². The van der Waals surface area contributed by atoms with Crippen molar-refractivity contribution in [3.05, 3.63) is 18.0 Å². The summed E-state index contributed by atoms with van der Waals surface area (Å²) in [6.07, 6.45) is 9.95. The van der Waals surface area contributed by atoms with Crippen molar-refractivity contribution in [3.8, 4) is 0 Å². The second-order valence-corrected chi connectivity index (χ2v) is 6.65. The zero-order valence-corrected chi connectivity index (χ0v) is 14.5. The van der Waals surface area contributed by atoms with Crippen molar-refractivity contribution in [1.29, 1.82) is 0 Å². The van der Waals surface area contributed by atoms with Crippen LogP contribution in [-0.2, 0) is 6.54 Å². The number of nitrogens with zero attached hydrogens (tertiary/aromatic N) is 3. The van der Waals surface area contributed by atoms with Crippen LogP contribution >= 0.6 is 15.9 Å². The molecule has 2 rings (SSSR count). The zero-order chi connectivity index (χ0) is 14.4. The second-order valence-electron chi connectivity index (χ2n) is 5.86. The Balaban J connectivity index is 1.98. The van der Waals surface area contributed by atoms with E-state index in [2.05, 4.69) is 51.6 Å². The maximum Gasteiger partial charge on any atom is 0.0765 e. The molecule has 114 valence electrons. The van der Waals surface area contributed by atoms with Gasteiger partial charge in [-0.2, -0.15) is 5.10 Å². The topological polar surface area (TPSA) is 21.1 Å². The van der Waals surface area contributed by atoms with Gasteiger partial charge >= 0.3 is 0 Å². The average Bonchev–Trinajstić information content (AvgIpc) is 3.10. The molecule has 1 saturated carbocycles. The number of halogens is 1. The van der Waals surface area contributed by atoms with E-state index in [4.69, 9.17) is 5.10 Å². The molecule has 0 aliphatic heterocycles. The molecule has 0 bridgehead atoms. The monoisotopic (exact) mass is 341 g/mol. The standard InChI is InChI=1S/C16H28BrN3/c1-3-15(4-2)19(12-10-17)13-14-9-11-20(18-14)16-7-5-6-8-16/h9,11,15-16H,3-8,10,12-13H2,1-2H3. The summed E-state index contributed by atoms with van der Waals surface area (Å²) in [6, 6.07) is 3.53. The number of alkyl halides is 1. The highest BCUT2D eigenvalue weighted by Gasteiger charge is 2.19. The largest absolute Gasteiger partial charge is 0.294 e. The first-order chi connectivity index (χ1) is 9.78. The Hall–Kier alpha value is -0.350. The first-order valence-corrected chi connectivity index (χ1v) is 9.24. The second kappa shape index (κ2) is 8.18. The molecule has 0 unspecified atom stereocenters. The van der Waals surface area contributed by atoms with Crippen LogP contribution in [0.2, 0.25) is 0 Å². The molecule has 0 atom stereocenters. The highest BCUT2D eigenvalue weighted by Crippen LogP contribution is 2.28. The van der Waals surface area contributed by atoms with Gasteiger partial charge < -0.3 is 0 Å². The Kier molecular flexibility index (Phi) is 6.56. The van der Waals surface area contributed by atoms with E-state index in [-0.39, 0.29) is 0 Å². The van der Waals surface area contributed by atoms with Crippen molar-refractivity contribution < 1.29 is 0 Å². The van der Waals surface area contributed by atoms with E-state index >= 15 is 0 Å². The van der Waals surface area contributed by atoms with E-state index < -0.39 is 0 Å². The van der Waals surface area contributed by atoms with Gasteiger partial charge in [0, 0.05) is 30.7 Å². The van der Waals surface area contributed by atoms with Crippen molar-refractivity contribution >= 4 is 15.9 Å². The third-order valence-electron chi connectivity index (χ3n) is 4.56. The molecule has 0 amide bonds. The predicted molar refractivity (Wildman–Crippen MR) is 88.3 cm³/mol. The van der Waals surface area contributed by atoms with E-state index in [1.54, 1.807) is 0 Å². The number of hydrogen-bond donors (Lipinski definition) is 0. The molecule has 0 N–H and O–H groups in total. The number of hydrogen-bond acceptors (Lipinski definition) is 2. The van der Waals surface area contributed by atoms with Crippen LogP contribution in [0.4, 0.5) is 0 Å². The van der Waals surface area contributed by atoms with Gasteiger partial charge in [0.25, 0.3) is 0 Å². The normalized spacial score (nSPS) is 16.6. The van der Waals surface area contributed by atoms with E-state index in [0.717, 1.165) is 18.4 Å². The fourth-order valence-electron chi connectivity index (χ4n) is 3.35. The summed E-state index contributed by atoms with van der Waals surface area (Å²) in [5, 5.41) is 5.86. The van der Waals surface area contributed by atoms with Crippen molar-refractivity contribution in [2.45, 2.75) is 71.0 Å². The van der Waals surface area contributed by atoms with Gasteiger partial charge in [0.15, 0.2) is 0 Å². The summed E-state index contributed by atoms with van der Waals surface area (Å²) in [6.45, 7) is 6.65. The Bertz CT molecular complexity index is 381. The van der Waals surface area contributed by atoms with Gasteiger partial charge in [-0.15, -0.1) is 0 Å². The number of rotatable bonds is 8. The highest BCUT2D eigenvalue weighted by molar-refractivity contribution is 9.09. The Morgan fingerprint density at radius 1 is 1.35 bits per heavy atom. The molecule has 1 aromatic rings. The minimum absolute atomic E-state index is 0.654. The van der Waals surface area contributed by atoms with Crippen LogP contribution in [0.5, 0.6) is 0 Å². The fourth-order valence-corrected chi connectivity index (χ4v) is 3.80.